The molecule has 0 aliphatic carbocycles. The predicted octanol–water partition coefficient (Wildman–Crippen LogP) is 3.99. The van der Waals surface area contributed by atoms with Crippen molar-refractivity contribution in [2.45, 2.75) is 19.4 Å². The van der Waals surface area contributed by atoms with Gasteiger partial charge in [0.15, 0.2) is 18.3 Å². The van der Waals surface area contributed by atoms with Gasteiger partial charge in [0.2, 0.25) is 0 Å². The minimum Gasteiger partial charge on any atom is -0.453 e. The molecule has 0 saturated heterocycles. The minimum absolute atomic E-state index is 0.0263. The van der Waals surface area contributed by atoms with Crippen LogP contribution in [0.15, 0.2) is 23.6 Å². The molecule has 0 aliphatic rings. The fourth-order valence-corrected chi connectivity index (χ4v) is 4.65. The van der Waals surface area contributed by atoms with Crippen LogP contribution in [0.4, 0.5) is 4.39 Å². The number of halogens is 1. The van der Waals surface area contributed by atoms with E-state index >= 15 is 0 Å². The topological polar surface area (TPSA) is 89.3 Å². The summed E-state index contributed by atoms with van der Waals surface area (Å²) in [6.45, 7) is 1.22. The molecule has 0 spiro atoms. The Kier molecular flexibility index (Phi) is 6.14. The number of rotatable bonds is 7. The van der Waals surface area contributed by atoms with E-state index in [1.54, 1.807) is 24.4 Å². The second kappa shape index (κ2) is 8.56. The fraction of sp³-hybridized carbons (Fsp3) is 0.263. The van der Waals surface area contributed by atoms with E-state index in [2.05, 4.69) is 4.98 Å². The first kappa shape index (κ1) is 20.1. The minimum atomic E-state index is -1.09. The molecule has 2 heterocycles. The van der Waals surface area contributed by atoms with Crippen LogP contribution in [-0.2, 0) is 20.9 Å². The van der Waals surface area contributed by atoms with Gasteiger partial charge in [-0.05, 0) is 19.1 Å². The quantitative estimate of drug-likeness (QED) is 0.539. The molecule has 0 amide bonds. The van der Waals surface area contributed by atoms with Crippen molar-refractivity contribution in [2.75, 3.05) is 13.7 Å². The van der Waals surface area contributed by atoms with Crippen molar-refractivity contribution in [3.05, 3.63) is 50.5 Å². The molecule has 1 atom stereocenters. The number of esters is 1. The van der Waals surface area contributed by atoms with E-state index in [0.29, 0.717) is 26.4 Å². The number of benzene rings is 1. The lowest BCUT2D eigenvalue weighted by molar-refractivity contribution is -0.122. The van der Waals surface area contributed by atoms with Crippen molar-refractivity contribution < 1.29 is 23.5 Å². The summed E-state index contributed by atoms with van der Waals surface area (Å²) in [7, 11) is 1.44. The second-order valence-corrected chi connectivity index (χ2v) is 7.83. The van der Waals surface area contributed by atoms with Crippen LogP contribution in [0.2, 0.25) is 0 Å². The van der Waals surface area contributed by atoms with Gasteiger partial charge in [0.05, 0.1) is 12.7 Å². The first-order chi connectivity index (χ1) is 13.5. The number of carbonyl (C=O) groups excluding carboxylic acids is 2. The van der Waals surface area contributed by atoms with E-state index in [1.165, 1.54) is 24.5 Å². The number of hydrogen-bond donors (Lipinski definition) is 0. The molecule has 0 radical (unpaired) electrons. The molecule has 1 unspecified atom stereocenters. The van der Waals surface area contributed by atoms with Crippen LogP contribution >= 0.6 is 22.7 Å². The van der Waals surface area contributed by atoms with Gasteiger partial charge >= 0.3 is 5.97 Å². The maximum Gasteiger partial charge on any atom is 0.349 e. The van der Waals surface area contributed by atoms with E-state index in [9.17, 15) is 19.2 Å². The fourth-order valence-electron chi connectivity index (χ4n) is 2.67. The molecule has 0 saturated carbocycles. The average molecular weight is 418 g/mol. The van der Waals surface area contributed by atoms with Crippen molar-refractivity contribution in [1.29, 1.82) is 5.26 Å². The third-order valence-corrected chi connectivity index (χ3v) is 6.12. The van der Waals surface area contributed by atoms with Crippen LogP contribution in [0.25, 0.3) is 10.1 Å². The molecule has 6 nitrogen and oxygen atoms in total. The van der Waals surface area contributed by atoms with Gasteiger partial charge in [-0.15, -0.1) is 22.7 Å². The molecule has 9 heteroatoms. The van der Waals surface area contributed by atoms with E-state index in [-0.39, 0.29) is 11.5 Å². The van der Waals surface area contributed by atoms with E-state index in [0.717, 1.165) is 11.3 Å². The standard InChI is InChI=1S/C19H15FN2O4S2/c1-10-9-27-18(22-10)11(6-21)14(23)8-26-19(24)17-12(7-25-2)16-13(20)4-3-5-15(16)28-17/h3-5,9,11H,7-8H2,1-2H3. The summed E-state index contributed by atoms with van der Waals surface area (Å²) in [4.78, 5) is 29.2. The highest BCUT2D eigenvalue weighted by atomic mass is 32.1. The molecule has 0 bridgehead atoms. The van der Waals surface area contributed by atoms with Crippen LogP contribution in [0.3, 0.4) is 0 Å². The van der Waals surface area contributed by atoms with Crippen LogP contribution in [0.1, 0.15) is 31.9 Å². The summed E-state index contributed by atoms with van der Waals surface area (Å²) >= 11 is 2.27. The second-order valence-electron chi connectivity index (χ2n) is 5.89. The highest BCUT2D eigenvalue weighted by molar-refractivity contribution is 7.21. The molecule has 2 aromatic heterocycles. The monoisotopic (exact) mass is 418 g/mol. The van der Waals surface area contributed by atoms with Crippen molar-refractivity contribution in [3.8, 4) is 6.07 Å². The molecule has 0 fully saturated rings. The van der Waals surface area contributed by atoms with Crippen LogP contribution in [-0.4, -0.2) is 30.5 Å². The predicted molar refractivity (Wildman–Crippen MR) is 103 cm³/mol. The number of Topliss-reactive ketones (excluding diaryl/α,β-unsaturated/α-hetero) is 1. The van der Waals surface area contributed by atoms with Crippen molar-refractivity contribution >= 4 is 44.5 Å². The van der Waals surface area contributed by atoms with E-state index < -0.39 is 30.1 Å². The normalized spacial score (nSPS) is 11.9. The number of hydrogen-bond acceptors (Lipinski definition) is 8. The summed E-state index contributed by atoms with van der Waals surface area (Å²) in [6, 6.07) is 6.45. The third kappa shape index (κ3) is 3.94. The Labute approximate surface area is 168 Å². The van der Waals surface area contributed by atoms with Gasteiger partial charge in [-0.1, -0.05) is 6.07 Å². The number of fused-ring (bicyclic) bond motifs is 1. The molecule has 28 heavy (non-hydrogen) atoms. The lowest BCUT2D eigenvalue weighted by Crippen LogP contribution is -2.20. The smallest absolute Gasteiger partial charge is 0.349 e. The largest absolute Gasteiger partial charge is 0.453 e. The van der Waals surface area contributed by atoms with Gasteiger partial charge < -0.3 is 9.47 Å². The van der Waals surface area contributed by atoms with Crippen LogP contribution < -0.4 is 0 Å². The van der Waals surface area contributed by atoms with Crippen LogP contribution in [0.5, 0.6) is 0 Å². The summed E-state index contributed by atoms with van der Waals surface area (Å²) < 4.78 is 25.0. The number of nitriles is 1. The van der Waals surface area contributed by atoms with Crippen LogP contribution in [0, 0.1) is 24.1 Å². The number of aromatic nitrogens is 1. The van der Waals surface area contributed by atoms with Gasteiger partial charge in [0.25, 0.3) is 0 Å². The zero-order chi connectivity index (χ0) is 20.3. The first-order valence-electron chi connectivity index (χ1n) is 8.16. The average Bonchev–Trinajstić information content (AvgIpc) is 3.25. The highest BCUT2D eigenvalue weighted by Crippen LogP contribution is 2.34. The van der Waals surface area contributed by atoms with Gasteiger partial charge in [-0.2, -0.15) is 5.26 Å². The zero-order valence-corrected chi connectivity index (χ0v) is 16.7. The van der Waals surface area contributed by atoms with Crippen molar-refractivity contribution in [3.63, 3.8) is 0 Å². The van der Waals surface area contributed by atoms with Crippen molar-refractivity contribution in [1.82, 2.24) is 4.98 Å². The van der Waals surface area contributed by atoms with E-state index in [1.807, 2.05) is 6.07 Å². The third-order valence-electron chi connectivity index (χ3n) is 3.92. The Morgan fingerprint density at radius 2 is 2.18 bits per heavy atom. The van der Waals surface area contributed by atoms with E-state index in [4.69, 9.17) is 9.47 Å². The van der Waals surface area contributed by atoms with Gasteiger partial charge in [0, 0.05) is 33.8 Å². The van der Waals surface area contributed by atoms with Gasteiger partial charge in [0.1, 0.15) is 15.7 Å². The van der Waals surface area contributed by atoms with Gasteiger partial charge in [-0.25, -0.2) is 14.2 Å². The summed E-state index contributed by atoms with van der Waals surface area (Å²) in [5.41, 5.74) is 1.09. The molecule has 3 aromatic rings. The lowest BCUT2D eigenvalue weighted by atomic mass is 10.1. The summed E-state index contributed by atoms with van der Waals surface area (Å²) in [6.07, 6.45) is 0. The number of ether oxygens (including phenoxy) is 2. The number of methoxy groups -OCH3 is 1. The Bertz CT molecular complexity index is 1080. The Balaban J connectivity index is 1.80. The molecule has 1 aromatic carbocycles. The van der Waals surface area contributed by atoms with Gasteiger partial charge in [-0.3, -0.25) is 4.79 Å². The Morgan fingerprint density at radius 1 is 1.39 bits per heavy atom. The summed E-state index contributed by atoms with van der Waals surface area (Å²) in [5, 5.41) is 11.7. The Morgan fingerprint density at radius 3 is 2.82 bits per heavy atom. The highest BCUT2D eigenvalue weighted by Gasteiger charge is 2.26. The molecular weight excluding hydrogens is 403 g/mol. The molecular formula is C19H15FN2O4S2. The molecule has 0 N–H and O–H groups in total. The number of thiophene rings is 1. The Hall–Kier alpha value is -2.67. The first-order valence-corrected chi connectivity index (χ1v) is 9.86. The zero-order valence-electron chi connectivity index (χ0n) is 15.0. The SMILES string of the molecule is COCc1c(C(=O)OCC(=O)C(C#N)c2nc(C)cs2)sc2cccc(F)c12. The molecule has 3 rings (SSSR count). The maximum atomic E-state index is 14.2. The lowest BCUT2D eigenvalue weighted by Gasteiger charge is -2.07. The number of nitrogens with zero attached hydrogens (tertiary/aromatic N) is 2. The number of thiazole rings is 1. The number of carbonyl (C=O) groups is 2. The number of ketones is 1. The van der Waals surface area contributed by atoms with Crippen molar-refractivity contribution in [2.24, 2.45) is 0 Å². The summed E-state index contributed by atoms with van der Waals surface area (Å²) in [5.74, 6) is -2.87. The molecule has 144 valence electrons. The molecule has 0 aliphatic heterocycles. The maximum absolute atomic E-state index is 14.2. The number of aryl methyl sites for hydroxylation is 1.